The molecule has 0 bridgehead atoms. The molecule has 1 N–H and O–H groups in total. The second-order valence-electron chi connectivity index (χ2n) is 4.45. The number of hydrogen-bond donors (Lipinski definition) is 1. The Hall–Kier alpha value is -2.44. The smallest absolute Gasteiger partial charge is 0.328 e. The summed E-state index contributed by atoms with van der Waals surface area (Å²) < 4.78 is 9.22. The molecule has 0 aromatic carbocycles. The number of nitrogens with one attached hydrogen (secondary N) is 1. The van der Waals surface area contributed by atoms with E-state index in [2.05, 4.69) is 19.8 Å². The Morgan fingerprint density at radius 2 is 1.95 bits per heavy atom. The Morgan fingerprint density at radius 3 is 2.48 bits per heavy atom. The zero-order chi connectivity index (χ0) is 15.8. The normalized spacial score (nSPS) is 12.9. The van der Waals surface area contributed by atoms with E-state index in [0.717, 1.165) is 0 Å². The van der Waals surface area contributed by atoms with Gasteiger partial charge >= 0.3 is 11.9 Å². The van der Waals surface area contributed by atoms with Crippen LogP contribution in [0.15, 0.2) is 24.4 Å². The lowest BCUT2D eigenvalue weighted by Crippen LogP contribution is -2.46. The molecule has 0 unspecified atom stereocenters. The van der Waals surface area contributed by atoms with Crippen molar-refractivity contribution in [1.29, 1.82) is 0 Å². The number of carbonyl (C=O) groups excluding carboxylic acids is 3. The molecule has 1 aromatic heterocycles. The predicted octanol–water partition coefficient (Wildman–Crippen LogP) is 0.552. The van der Waals surface area contributed by atoms with Crippen LogP contribution in [0, 0.1) is 5.92 Å². The molecule has 2 atom stereocenters. The van der Waals surface area contributed by atoms with Crippen LogP contribution in [0.4, 0.5) is 0 Å². The Kier molecular flexibility index (Phi) is 6.32. The van der Waals surface area contributed by atoms with Crippen molar-refractivity contribution < 1.29 is 23.9 Å². The van der Waals surface area contributed by atoms with Gasteiger partial charge in [-0.15, -0.1) is 0 Å². The average Bonchev–Trinajstić information content (AvgIpc) is 2.52. The highest BCUT2D eigenvalue weighted by atomic mass is 16.5. The number of carbonyl (C=O) groups is 3. The predicted molar refractivity (Wildman–Crippen MR) is 73.3 cm³/mol. The summed E-state index contributed by atoms with van der Waals surface area (Å²) in [5.74, 6) is -2.08. The molecule has 0 saturated carbocycles. The molecule has 0 aliphatic carbocycles. The van der Waals surface area contributed by atoms with Gasteiger partial charge in [-0.25, -0.2) is 4.79 Å². The van der Waals surface area contributed by atoms with E-state index in [1.807, 2.05) is 0 Å². The van der Waals surface area contributed by atoms with Gasteiger partial charge in [0.25, 0.3) is 5.91 Å². The van der Waals surface area contributed by atoms with E-state index >= 15 is 0 Å². The highest BCUT2D eigenvalue weighted by Crippen LogP contribution is 2.11. The van der Waals surface area contributed by atoms with Crippen molar-refractivity contribution in [3.05, 3.63) is 30.1 Å². The fraction of sp³-hybridized carbons (Fsp3) is 0.429. The first-order valence-electron chi connectivity index (χ1n) is 6.36. The van der Waals surface area contributed by atoms with Crippen LogP contribution < -0.4 is 5.32 Å². The summed E-state index contributed by atoms with van der Waals surface area (Å²) in [6.07, 6.45) is 1.46. The first-order valence-corrected chi connectivity index (χ1v) is 6.36. The number of rotatable bonds is 6. The lowest BCUT2D eigenvalue weighted by atomic mass is 9.98. The van der Waals surface area contributed by atoms with Crippen LogP contribution >= 0.6 is 0 Å². The lowest BCUT2D eigenvalue weighted by molar-refractivity contribution is -0.146. The van der Waals surface area contributed by atoms with Gasteiger partial charge in [-0.05, 0) is 18.1 Å². The molecule has 7 heteroatoms. The van der Waals surface area contributed by atoms with Gasteiger partial charge in [0.15, 0.2) is 0 Å². The maximum atomic E-state index is 12.0. The summed E-state index contributed by atoms with van der Waals surface area (Å²) in [4.78, 5) is 39.0. The molecule has 114 valence electrons. The summed E-state index contributed by atoms with van der Waals surface area (Å²) in [6, 6.07) is 3.90. The number of hydrogen-bond acceptors (Lipinski definition) is 6. The maximum absolute atomic E-state index is 12.0. The van der Waals surface area contributed by atoms with Crippen LogP contribution in [-0.2, 0) is 19.1 Å². The Morgan fingerprint density at radius 1 is 1.24 bits per heavy atom. The largest absolute Gasteiger partial charge is 0.469 e. The van der Waals surface area contributed by atoms with Gasteiger partial charge in [0.2, 0.25) is 0 Å². The van der Waals surface area contributed by atoms with E-state index in [1.165, 1.54) is 26.5 Å². The monoisotopic (exact) mass is 294 g/mol. The minimum absolute atomic E-state index is 0.0151. The molecule has 0 aliphatic rings. The lowest BCUT2D eigenvalue weighted by Gasteiger charge is -2.21. The summed E-state index contributed by atoms with van der Waals surface area (Å²) >= 11 is 0. The maximum Gasteiger partial charge on any atom is 0.328 e. The molecule has 0 radical (unpaired) electrons. The fourth-order valence-corrected chi connectivity index (χ4v) is 1.74. The van der Waals surface area contributed by atoms with Gasteiger partial charge in [-0.3, -0.25) is 14.6 Å². The third-order valence-electron chi connectivity index (χ3n) is 2.92. The summed E-state index contributed by atoms with van der Waals surface area (Å²) in [7, 11) is 2.47. The van der Waals surface area contributed by atoms with Crippen molar-refractivity contribution in [3.8, 4) is 0 Å². The summed E-state index contributed by atoms with van der Waals surface area (Å²) in [5, 5.41) is 2.53. The van der Waals surface area contributed by atoms with Crippen molar-refractivity contribution >= 4 is 17.8 Å². The second-order valence-corrected chi connectivity index (χ2v) is 4.45. The standard InChI is InChI=1S/C14H18N2O5/c1-9(8-11(17)20-2)12(14(19)21-3)16-13(18)10-6-4-5-7-15-10/h4-7,9,12H,8H2,1-3H3,(H,16,18)/t9-,12-/m0/s1. The van der Waals surface area contributed by atoms with Crippen LogP contribution in [0.25, 0.3) is 0 Å². The Bertz CT molecular complexity index is 503. The Labute approximate surface area is 122 Å². The van der Waals surface area contributed by atoms with E-state index in [0.29, 0.717) is 0 Å². The van der Waals surface area contributed by atoms with Crippen LogP contribution in [0.1, 0.15) is 23.8 Å². The molecule has 0 fully saturated rings. The molecule has 1 rings (SSSR count). The van der Waals surface area contributed by atoms with E-state index in [4.69, 9.17) is 0 Å². The molecule has 21 heavy (non-hydrogen) atoms. The molecule has 0 saturated heterocycles. The summed E-state index contributed by atoms with van der Waals surface area (Å²) in [5.41, 5.74) is 0.177. The Balaban J connectivity index is 2.81. The van der Waals surface area contributed by atoms with E-state index in [1.54, 1.807) is 19.1 Å². The van der Waals surface area contributed by atoms with Gasteiger partial charge in [0.05, 0.1) is 20.6 Å². The van der Waals surface area contributed by atoms with Gasteiger partial charge in [0.1, 0.15) is 11.7 Å². The minimum atomic E-state index is -0.955. The number of amides is 1. The van der Waals surface area contributed by atoms with Crippen LogP contribution in [-0.4, -0.2) is 43.1 Å². The zero-order valence-corrected chi connectivity index (χ0v) is 12.2. The van der Waals surface area contributed by atoms with Gasteiger partial charge in [-0.2, -0.15) is 0 Å². The molecule has 1 aromatic rings. The fourth-order valence-electron chi connectivity index (χ4n) is 1.74. The molecule has 1 heterocycles. The number of esters is 2. The first-order chi connectivity index (χ1) is 9.99. The molecule has 0 spiro atoms. The molecule has 7 nitrogen and oxygen atoms in total. The number of nitrogens with zero attached hydrogens (tertiary/aromatic N) is 1. The average molecular weight is 294 g/mol. The van der Waals surface area contributed by atoms with Gasteiger partial charge in [-0.1, -0.05) is 13.0 Å². The molecular weight excluding hydrogens is 276 g/mol. The van der Waals surface area contributed by atoms with Crippen molar-refractivity contribution in [3.63, 3.8) is 0 Å². The SMILES string of the molecule is COC(=O)C[C@H](C)[C@H](NC(=O)c1ccccn1)C(=O)OC. The highest BCUT2D eigenvalue weighted by molar-refractivity contribution is 5.95. The van der Waals surface area contributed by atoms with Crippen LogP contribution in [0.3, 0.4) is 0 Å². The van der Waals surface area contributed by atoms with Crippen molar-refractivity contribution in [1.82, 2.24) is 10.3 Å². The van der Waals surface area contributed by atoms with E-state index in [9.17, 15) is 14.4 Å². The number of aromatic nitrogens is 1. The van der Waals surface area contributed by atoms with Crippen molar-refractivity contribution in [2.75, 3.05) is 14.2 Å². The molecule has 1 amide bonds. The minimum Gasteiger partial charge on any atom is -0.469 e. The number of pyridine rings is 1. The third kappa shape index (κ3) is 4.87. The molecular formula is C14H18N2O5. The quantitative estimate of drug-likeness (QED) is 0.770. The van der Waals surface area contributed by atoms with Crippen LogP contribution in [0.2, 0.25) is 0 Å². The molecule has 0 aliphatic heterocycles. The van der Waals surface area contributed by atoms with E-state index in [-0.39, 0.29) is 12.1 Å². The van der Waals surface area contributed by atoms with Gasteiger partial charge < -0.3 is 14.8 Å². The van der Waals surface area contributed by atoms with Gasteiger partial charge in [0, 0.05) is 6.20 Å². The first kappa shape index (κ1) is 16.6. The van der Waals surface area contributed by atoms with Crippen molar-refractivity contribution in [2.45, 2.75) is 19.4 Å². The zero-order valence-electron chi connectivity index (χ0n) is 12.2. The summed E-state index contributed by atoms with van der Waals surface area (Å²) in [6.45, 7) is 1.65. The van der Waals surface area contributed by atoms with E-state index < -0.39 is 29.8 Å². The topological polar surface area (TPSA) is 94.6 Å². The number of methoxy groups -OCH3 is 2. The highest BCUT2D eigenvalue weighted by Gasteiger charge is 2.30. The van der Waals surface area contributed by atoms with Crippen molar-refractivity contribution in [2.24, 2.45) is 5.92 Å². The van der Waals surface area contributed by atoms with Crippen LogP contribution in [0.5, 0.6) is 0 Å². The second kappa shape index (κ2) is 7.98. The third-order valence-corrected chi connectivity index (χ3v) is 2.92. The number of ether oxygens (including phenoxy) is 2.